The summed E-state index contributed by atoms with van der Waals surface area (Å²) >= 11 is 1.64. The Kier molecular flexibility index (Phi) is 8.56. The molecule has 2 atom stereocenters. The van der Waals surface area contributed by atoms with E-state index in [9.17, 15) is 4.79 Å². The number of anilines is 1. The fourth-order valence-corrected chi connectivity index (χ4v) is 7.15. The number of aliphatic imine (C=N–C) groups is 1. The molecule has 0 radical (unpaired) electrons. The molecule has 2 aromatic rings. The van der Waals surface area contributed by atoms with Crippen molar-refractivity contribution in [3.8, 4) is 5.88 Å². The summed E-state index contributed by atoms with van der Waals surface area (Å²) in [5.41, 5.74) is 1.88. The number of carbonyl (C=O) groups excluding carboxylic acids is 1. The molecule has 2 saturated heterocycles. The zero-order valence-electron chi connectivity index (χ0n) is 24.4. The number of hydrogen-bond donors (Lipinski definition) is 1. The highest BCUT2D eigenvalue weighted by molar-refractivity contribution is 7.16. The van der Waals surface area contributed by atoms with Crippen LogP contribution in [0.1, 0.15) is 71.6 Å². The SMILES string of the molecule is CC1CC(c2cnc(N3CCCNC(=O)C3)s2)=CC(=Nc2nccc(OC(C)(C)CC(C)(C)C3CCOC3)n2)C1. The van der Waals surface area contributed by atoms with E-state index in [2.05, 4.69) is 65.9 Å². The quantitative estimate of drug-likeness (QED) is 0.453. The van der Waals surface area contributed by atoms with Gasteiger partial charge >= 0.3 is 0 Å². The van der Waals surface area contributed by atoms with Crippen molar-refractivity contribution in [3.05, 3.63) is 29.4 Å². The minimum absolute atomic E-state index is 0.0518. The van der Waals surface area contributed by atoms with Crippen molar-refractivity contribution in [3.63, 3.8) is 0 Å². The van der Waals surface area contributed by atoms with Crippen molar-refractivity contribution in [2.75, 3.05) is 37.7 Å². The molecular weight excluding hydrogens is 524 g/mol. The number of hydrogen-bond acceptors (Lipinski definition) is 9. The first-order chi connectivity index (χ1) is 19.1. The summed E-state index contributed by atoms with van der Waals surface area (Å²) in [6, 6.07) is 1.81. The normalized spacial score (nSPS) is 23.6. The largest absolute Gasteiger partial charge is 0.471 e. The van der Waals surface area contributed by atoms with Crippen molar-refractivity contribution in [2.24, 2.45) is 22.2 Å². The molecule has 40 heavy (non-hydrogen) atoms. The Balaban J connectivity index is 1.30. The van der Waals surface area contributed by atoms with Gasteiger partial charge in [-0.1, -0.05) is 32.1 Å². The van der Waals surface area contributed by atoms with E-state index < -0.39 is 5.60 Å². The van der Waals surface area contributed by atoms with Gasteiger partial charge in [-0.25, -0.2) is 15.0 Å². The van der Waals surface area contributed by atoms with Crippen molar-refractivity contribution < 1.29 is 14.3 Å². The first-order valence-electron chi connectivity index (χ1n) is 14.4. The molecule has 0 bridgehead atoms. The first kappa shape index (κ1) is 28.7. The second-order valence-corrected chi connectivity index (χ2v) is 13.7. The highest BCUT2D eigenvalue weighted by Crippen LogP contribution is 2.41. The van der Waals surface area contributed by atoms with Gasteiger partial charge in [-0.15, -0.1) is 0 Å². The number of nitrogens with zero attached hydrogens (tertiary/aromatic N) is 5. The average molecular weight is 567 g/mol. The Bertz CT molecular complexity index is 1260. The van der Waals surface area contributed by atoms with Crippen LogP contribution in [0.2, 0.25) is 0 Å². The minimum Gasteiger partial charge on any atom is -0.471 e. The first-order valence-corrected chi connectivity index (χ1v) is 15.2. The Morgan fingerprint density at radius 2 is 2.10 bits per heavy atom. The smallest absolute Gasteiger partial charge is 0.252 e. The Hall–Kier alpha value is -2.85. The fourth-order valence-electron chi connectivity index (χ4n) is 6.19. The summed E-state index contributed by atoms with van der Waals surface area (Å²) in [7, 11) is 0. The van der Waals surface area contributed by atoms with Crippen LogP contribution in [-0.4, -0.2) is 65.0 Å². The highest BCUT2D eigenvalue weighted by Gasteiger charge is 2.38. The third kappa shape index (κ3) is 7.26. The lowest BCUT2D eigenvalue weighted by atomic mass is 9.72. The van der Waals surface area contributed by atoms with E-state index in [4.69, 9.17) is 14.5 Å². The van der Waals surface area contributed by atoms with Crippen molar-refractivity contribution in [1.82, 2.24) is 20.3 Å². The van der Waals surface area contributed by atoms with Crippen LogP contribution >= 0.6 is 11.3 Å². The number of rotatable bonds is 8. The predicted molar refractivity (Wildman–Crippen MR) is 159 cm³/mol. The fraction of sp³-hybridized carbons (Fsp3) is 0.633. The summed E-state index contributed by atoms with van der Waals surface area (Å²) in [5, 5.41) is 3.82. The van der Waals surface area contributed by atoms with Crippen LogP contribution in [-0.2, 0) is 9.53 Å². The molecule has 4 heterocycles. The molecular formula is C30H42N6O3S. The lowest BCUT2D eigenvalue weighted by Gasteiger charge is -2.38. The Morgan fingerprint density at radius 3 is 2.90 bits per heavy atom. The summed E-state index contributed by atoms with van der Waals surface area (Å²) in [6.07, 6.45) is 10.5. The van der Waals surface area contributed by atoms with Crippen LogP contribution in [0.3, 0.4) is 0 Å². The average Bonchev–Trinajstić information content (AvgIpc) is 3.54. The maximum atomic E-state index is 12.0. The third-order valence-corrected chi connectivity index (χ3v) is 9.10. The van der Waals surface area contributed by atoms with E-state index in [-0.39, 0.29) is 11.3 Å². The lowest BCUT2D eigenvalue weighted by molar-refractivity contribution is -0.119. The molecule has 0 aromatic carbocycles. The van der Waals surface area contributed by atoms with E-state index in [1.54, 1.807) is 17.5 Å². The minimum atomic E-state index is -0.394. The summed E-state index contributed by atoms with van der Waals surface area (Å²) < 4.78 is 12.0. The molecule has 5 rings (SSSR count). The van der Waals surface area contributed by atoms with Gasteiger partial charge in [-0.2, -0.15) is 4.98 Å². The van der Waals surface area contributed by atoms with Crippen molar-refractivity contribution in [2.45, 2.75) is 72.3 Å². The van der Waals surface area contributed by atoms with Crippen LogP contribution in [0.25, 0.3) is 5.57 Å². The van der Waals surface area contributed by atoms with Crippen molar-refractivity contribution >= 4 is 39.6 Å². The Labute approximate surface area is 241 Å². The van der Waals surface area contributed by atoms with Crippen LogP contribution in [0.5, 0.6) is 5.88 Å². The molecule has 3 aliphatic rings. The van der Waals surface area contributed by atoms with Crippen LogP contribution in [0.15, 0.2) is 29.5 Å². The van der Waals surface area contributed by atoms with E-state index in [0.717, 1.165) is 74.1 Å². The summed E-state index contributed by atoms with van der Waals surface area (Å²) in [4.78, 5) is 33.8. The van der Waals surface area contributed by atoms with Gasteiger partial charge in [-0.3, -0.25) is 4.79 Å². The second kappa shape index (κ2) is 11.9. The molecule has 0 spiro atoms. The number of ether oxygens (including phenoxy) is 2. The van der Waals surface area contributed by atoms with E-state index in [0.29, 0.717) is 30.2 Å². The van der Waals surface area contributed by atoms with Crippen LogP contribution in [0, 0.1) is 17.3 Å². The number of thiazole rings is 1. The summed E-state index contributed by atoms with van der Waals surface area (Å²) in [5.74, 6) is 1.98. The third-order valence-electron chi connectivity index (χ3n) is 7.97. The van der Waals surface area contributed by atoms with Gasteiger partial charge in [0.25, 0.3) is 5.95 Å². The molecule has 2 aromatic heterocycles. The van der Waals surface area contributed by atoms with E-state index in [1.165, 1.54) is 5.57 Å². The second-order valence-electron chi connectivity index (χ2n) is 12.7. The number of allylic oxidation sites excluding steroid dienone is 2. The van der Waals surface area contributed by atoms with Gasteiger partial charge in [0, 0.05) is 50.5 Å². The molecule has 2 aliphatic heterocycles. The molecule has 10 heteroatoms. The monoisotopic (exact) mass is 566 g/mol. The van der Waals surface area contributed by atoms with Gasteiger partial charge in [0.2, 0.25) is 11.8 Å². The standard InChI is InChI=1S/C30H42N6O3S/c1-20-13-21(24-16-33-28(40-24)36-11-6-9-31-25(37)17-36)15-23(14-20)34-27-32-10-7-26(35-27)39-30(4,5)19-29(2,3)22-8-12-38-18-22/h7,10,15-16,20,22H,6,8-9,11-14,17-19H2,1-5H3,(H,31,37). The maximum absolute atomic E-state index is 12.0. The number of nitrogens with one attached hydrogen (secondary N) is 1. The Morgan fingerprint density at radius 1 is 1.25 bits per heavy atom. The van der Waals surface area contributed by atoms with Gasteiger partial charge < -0.3 is 19.7 Å². The topological polar surface area (TPSA) is 102 Å². The van der Waals surface area contributed by atoms with Gasteiger partial charge in [0.15, 0.2) is 5.13 Å². The van der Waals surface area contributed by atoms with Gasteiger partial charge in [-0.05, 0) is 74.9 Å². The molecule has 1 aliphatic carbocycles. The zero-order valence-corrected chi connectivity index (χ0v) is 25.2. The number of aromatic nitrogens is 3. The van der Waals surface area contributed by atoms with E-state index in [1.807, 2.05) is 12.3 Å². The molecule has 2 unspecified atom stereocenters. The number of carbonyl (C=O) groups is 1. The zero-order chi connectivity index (χ0) is 28.3. The maximum Gasteiger partial charge on any atom is 0.252 e. The molecule has 216 valence electrons. The molecule has 0 saturated carbocycles. The van der Waals surface area contributed by atoms with Crippen molar-refractivity contribution in [1.29, 1.82) is 0 Å². The number of amides is 1. The molecule has 1 N–H and O–H groups in total. The lowest BCUT2D eigenvalue weighted by Crippen LogP contribution is -2.38. The highest BCUT2D eigenvalue weighted by atomic mass is 32.1. The molecule has 1 amide bonds. The van der Waals surface area contributed by atoms with E-state index >= 15 is 0 Å². The molecule has 2 fully saturated rings. The van der Waals surface area contributed by atoms with Crippen LogP contribution in [0.4, 0.5) is 11.1 Å². The van der Waals surface area contributed by atoms with Gasteiger partial charge in [0.05, 0.1) is 11.4 Å². The summed E-state index contributed by atoms with van der Waals surface area (Å²) in [6.45, 7) is 14.7. The van der Waals surface area contributed by atoms with Crippen LogP contribution < -0.4 is 15.0 Å². The molecule has 9 nitrogen and oxygen atoms in total. The predicted octanol–water partition coefficient (Wildman–Crippen LogP) is 5.46. The van der Waals surface area contributed by atoms with Gasteiger partial charge in [0.1, 0.15) is 5.60 Å².